The van der Waals surface area contributed by atoms with Gasteiger partial charge in [0.1, 0.15) is 18.1 Å². The summed E-state index contributed by atoms with van der Waals surface area (Å²) in [6, 6.07) is 11.9. The lowest BCUT2D eigenvalue weighted by molar-refractivity contribution is -0.147. The van der Waals surface area contributed by atoms with E-state index < -0.39 is 54.3 Å². The number of aliphatic carboxylic acids is 2. The van der Waals surface area contributed by atoms with Crippen molar-refractivity contribution < 1.29 is 34.2 Å². The van der Waals surface area contributed by atoms with E-state index in [2.05, 4.69) is 26.3 Å². The zero-order valence-corrected chi connectivity index (χ0v) is 22.3. The topological polar surface area (TPSA) is 190 Å². The van der Waals surface area contributed by atoms with Crippen LogP contribution in [0.1, 0.15) is 30.4 Å². The van der Waals surface area contributed by atoms with E-state index in [1.165, 1.54) is 0 Å². The number of carboxylic acid groups (broad SMARTS) is 2. The van der Waals surface area contributed by atoms with Crippen LogP contribution in [0.2, 0.25) is 0 Å². The number of aromatic amines is 1. The third-order valence-corrected chi connectivity index (χ3v) is 7.02. The molecule has 1 saturated heterocycles. The second-order valence-corrected chi connectivity index (χ2v) is 10.0. The van der Waals surface area contributed by atoms with E-state index in [-0.39, 0.29) is 18.7 Å². The normalized spacial score (nSPS) is 16.8. The standard InChI is InChI=1S/C29H33N5O7/c35-25(36)15-24(29(40)41)34-27(38)22(13-17-7-2-1-3-8-17)32-28(39)23(33-26(37)21-11-6-12-30-21)14-18-16-31-20-10-5-4-9-19(18)20/h1-5,7-10,16,21-24,30-31H,6,11-15H2,(H,32,39)(H,33,37)(H,34,38)(H,35,36)(H,40,41). The average Bonchev–Trinajstić information content (AvgIpc) is 3.63. The van der Waals surface area contributed by atoms with Gasteiger partial charge in [0.05, 0.1) is 12.5 Å². The second kappa shape index (κ2) is 13.6. The predicted molar refractivity (Wildman–Crippen MR) is 149 cm³/mol. The van der Waals surface area contributed by atoms with Gasteiger partial charge in [0, 0.05) is 29.9 Å². The first kappa shape index (κ1) is 29.3. The van der Waals surface area contributed by atoms with Crippen LogP contribution in [0.3, 0.4) is 0 Å². The predicted octanol–water partition coefficient (Wildman–Crippen LogP) is 0.719. The molecule has 0 saturated carbocycles. The molecule has 0 bridgehead atoms. The van der Waals surface area contributed by atoms with Crippen molar-refractivity contribution in [3.63, 3.8) is 0 Å². The Labute approximate surface area is 235 Å². The highest BCUT2D eigenvalue weighted by atomic mass is 16.4. The molecule has 3 amide bonds. The van der Waals surface area contributed by atoms with Gasteiger partial charge < -0.3 is 36.5 Å². The van der Waals surface area contributed by atoms with Gasteiger partial charge in [-0.05, 0) is 36.6 Å². The molecule has 1 fully saturated rings. The van der Waals surface area contributed by atoms with E-state index in [1.54, 1.807) is 36.5 Å². The summed E-state index contributed by atoms with van der Waals surface area (Å²) in [7, 11) is 0. The fourth-order valence-electron chi connectivity index (χ4n) is 4.89. The number of benzene rings is 2. The maximum absolute atomic E-state index is 13.7. The maximum Gasteiger partial charge on any atom is 0.326 e. The summed E-state index contributed by atoms with van der Waals surface area (Å²) < 4.78 is 0. The number of aromatic nitrogens is 1. The number of amides is 3. The van der Waals surface area contributed by atoms with Gasteiger partial charge in [0.2, 0.25) is 17.7 Å². The van der Waals surface area contributed by atoms with Crippen molar-refractivity contribution in [3.05, 3.63) is 71.9 Å². The number of hydrogen-bond acceptors (Lipinski definition) is 6. The van der Waals surface area contributed by atoms with Crippen molar-refractivity contribution in [2.24, 2.45) is 0 Å². The first-order chi connectivity index (χ1) is 19.7. The fourth-order valence-corrected chi connectivity index (χ4v) is 4.89. The van der Waals surface area contributed by atoms with Crippen LogP contribution in [0.5, 0.6) is 0 Å². The summed E-state index contributed by atoms with van der Waals surface area (Å²) in [6.45, 7) is 0.692. The van der Waals surface area contributed by atoms with Crippen LogP contribution in [0.25, 0.3) is 10.9 Å². The van der Waals surface area contributed by atoms with Gasteiger partial charge in [-0.15, -0.1) is 0 Å². The lowest BCUT2D eigenvalue weighted by Crippen LogP contribution is -2.58. The molecule has 0 spiro atoms. The molecule has 4 unspecified atom stereocenters. The zero-order chi connectivity index (χ0) is 29.4. The molecule has 3 aromatic rings. The summed E-state index contributed by atoms with van der Waals surface area (Å²) >= 11 is 0. The summed E-state index contributed by atoms with van der Waals surface area (Å²) in [5, 5.41) is 30.2. The number of carbonyl (C=O) groups is 5. The van der Waals surface area contributed by atoms with Gasteiger partial charge in [-0.3, -0.25) is 19.2 Å². The van der Waals surface area contributed by atoms with Gasteiger partial charge in [-0.1, -0.05) is 48.5 Å². The van der Waals surface area contributed by atoms with E-state index in [4.69, 9.17) is 5.11 Å². The molecule has 1 aliphatic heterocycles. The molecule has 0 radical (unpaired) electrons. The Morgan fingerprint density at radius 1 is 0.829 bits per heavy atom. The van der Waals surface area contributed by atoms with Crippen LogP contribution < -0.4 is 21.3 Å². The molecule has 12 nitrogen and oxygen atoms in total. The summed E-state index contributed by atoms with van der Waals surface area (Å²) in [5.74, 6) is -4.74. The number of fused-ring (bicyclic) bond motifs is 1. The van der Waals surface area contributed by atoms with Crippen molar-refractivity contribution in [3.8, 4) is 0 Å². The molecule has 0 aliphatic carbocycles. The van der Waals surface area contributed by atoms with Crippen molar-refractivity contribution in [1.29, 1.82) is 0 Å². The molecule has 41 heavy (non-hydrogen) atoms. The quantitative estimate of drug-likeness (QED) is 0.158. The highest BCUT2D eigenvalue weighted by molar-refractivity contribution is 5.95. The summed E-state index contributed by atoms with van der Waals surface area (Å²) in [5.41, 5.74) is 2.34. The van der Waals surface area contributed by atoms with Gasteiger partial charge in [-0.2, -0.15) is 0 Å². The van der Waals surface area contributed by atoms with Gasteiger partial charge in [-0.25, -0.2) is 4.79 Å². The average molecular weight is 564 g/mol. The maximum atomic E-state index is 13.7. The Bertz CT molecular complexity index is 1400. The van der Waals surface area contributed by atoms with Crippen LogP contribution in [-0.4, -0.2) is 75.6 Å². The number of H-pyrrole nitrogens is 1. The van der Waals surface area contributed by atoms with E-state index >= 15 is 0 Å². The fraction of sp³-hybridized carbons (Fsp3) is 0.345. The van der Waals surface area contributed by atoms with E-state index in [0.29, 0.717) is 18.5 Å². The summed E-state index contributed by atoms with van der Waals surface area (Å²) in [6.07, 6.45) is 2.54. The first-order valence-electron chi connectivity index (χ1n) is 13.4. The minimum Gasteiger partial charge on any atom is -0.481 e. The third-order valence-electron chi connectivity index (χ3n) is 7.02. The Hall–Kier alpha value is -4.71. The SMILES string of the molecule is O=C(O)CC(NC(=O)C(Cc1ccccc1)NC(=O)C(Cc1c[nH]c2ccccc12)NC(=O)C1CCCN1)C(=O)O. The van der Waals surface area contributed by atoms with Crippen LogP contribution in [-0.2, 0) is 36.8 Å². The Balaban J connectivity index is 1.58. The molecule has 1 aromatic heterocycles. The highest BCUT2D eigenvalue weighted by Crippen LogP contribution is 2.20. The monoisotopic (exact) mass is 563 g/mol. The highest BCUT2D eigenvalue weighted by Gasteiger charge is 2.32. The number of rotatable bonds is 13. The van der Waals surface area contributed by atoms with E-state index in [1.807, 2.05) is 24.3 Å². The molecular formula is C29H33N5O7. The second-order valence-electron chi connectivity index (χ2n) is 10.0. The van der Waals surface area contributed by atoms with Gasteiger partial charge in [0.15, 0.2) is 0 Å². The van der Waals surface area contributed by atoms with Crippen LogP contribution in [0.15, 0.2) is 60.8 Å². The number of carboxylic acids is 2. The third kappa shape index (κ3) is 7.92. The van der Waals surface area contributed by atoms with E-state index in [0.717, 1.165) is 22.9 Å². The number of nitrogens with one attached hydrogen (secondary N) is 5. The van der Waals surface area contributed by atoms with Crippen LogP contribution in [0, 0.1) is 0 Å². The number of para-hydroxylation sites is 1. The van der Waals surface area contributed by atoms with Crippen molar-refractivity contribution in [2.75, 3.05) is 6.54 Å². The van der Waals surface area contributed by atoms with Gasteiger partial charge in [0.25, 0.3) is 0 Å². The molecule has 216 valence electrons. The minimum absolute atomic E-state index is 0.00968. The molecule has 4 atom stereocenters. The molecular weight excluding hydrogens is 530 g/mol. The molecule has 2 aromatic carbocycles. The zero-order valence-electron chi connectivity index (χ0n) is 22.3. The van der Waals surface area contributed by atoms with Crippen LogP contribution >= 0.6 is 0 Å². The number of carbonyl (C=O) groups excluding carboxylic acids is 3. The molecule has 12 heteroatoms. The smallest absolute Gasteiger partial charge is 0.326 e. The lowest BCUT2D eigenvalue weighted by Gasteiger charge is -2.25. The molecule has 1 aliphatic rings. The first-order valence-corrected chi connectivity index (χ1v) is 13.4. The van der Waals surface area contributed by atoms with E-state index in [9.17, 15) is 29.1 Å². The van der Waals surface area contributed by atoms with Gasteiger partial charge >= 0.3 is 11.9 Å². The summed E-state index contributed by atoms with van der Waals surface area (Å²) in [4.78, 5) is 65.9. The van der Waals surface area contributed by atoms with Crippen molar-refractivity contribution >= 4 is 40.6 Å². The molecule has 2 heterocycles. The Morgan fingerprint density at radius 2 is 1.49 bits per heavy atom. The van der Waals surface area contributed by atoms with Crippen molar-refractivity contribution in [2.45, 2.75) is 56.3 Å². The lowest BCUT2D eigenvalue weighted by atomic mass is 10.0. The molecule has 4 rings (SSSR count). The van der Waals surface area contributed by atoms with Crippen LogP contribution in [0.4, 0.5) is 0 Å². The number of hydrogen-bond donors (Lipinski definition) is 7. The van der Waals surface area contributed by atoms with Crippen molar-refractivity contribution in [1.82, 2.24) is 26.3 Å². The minimum atomic E-state index is -1.69. The largest absolute Gasteiger partial charge is 0.481 e. The Kier molecular flexibility index (Phi) is 9.69. The Morgan fingerprint density at radius 3 is 2.15 bits per heavy atom. The molecule has 7 N–H and O–H groups in total.